The molecule has 172 valence electrons. The first-order valence-corrected chi connectivity index (χ1v) is 13.5. The molecule has 0 aliphatic rings. The lowest BCUT2D eigenvalue weighted by Gasteiger charge is -2.29. The number of allylic oxidation sites excluding steroid dienone is 2. The van der Waals surface area contributed by atoms with E-state index in [-0.39, 0.29) is 5.91 Å². The quantitative estimate of drug-likeness (QED) is 0.143. The van der Waals surface area contributed by atoms with Crippen LogP contribution >= 0.6 is 7.60 Å². The number of hydrogen-bond acceptors (Lipinski definition) is 3. The first kappa shape index (κ1) is 28.4. The van der Waals surface area contributed by atoms with E-state index in [1.807, 2.05) is 13.8 Å². The molecule has 2 N–H and O–H groups in total. The molecule has 0 aromatic carbocycles. The third kappa shape index (κ3) is 20.4. The normalized spacial score (nSPS) is 15.4. The predicted molar refractivity (Wildman–Crippen MR) is 123 cm³/mol. The average molecular weight is 432 g/mol. The summed E-state index contributed by atoms with van der Waals surface area (Å²) in [6.07, 6.45) is 18.6. The first-order valence-electron chi connectivity index (χ1n) is 11.5. The van der Waals surface area contributed by atoms with Crippen molar-refractivity contribution in [2.24, 2.45) is 0 Å². The highest BCUT2D eigenvalue weighted by Crippen LogP contribution is 2.39. The van der Waals surface area contributed by atoms with E-state index in [1.54, 1.807) is 6.92 Å². The molecule has 0 spiro atoms. The zero-order valence-electron chi connectivity index (χ0n) is 19.5. The Morgan fingerprint density at radius 1 is 1.03 bits per heavy atom. The minimum atomic E-state index is -3.51. The molecule has 0 aromatic heterocycles. The number of carbonyl (C=O) groups is 1. The van der Waals surface area contributed by atoms with Gasteiger partial charge in [-0.3, -0.25) is 9.36 Å². The molecule has 0 radical (unpaired) electrons. The van der Waals surface area contributed by atoms with Gasteiger partial charge in [-0.05, 0) is 59.3 Å². The van der Waals surface area contributed by atoms with Gasteiger partial charge < -0.3 is 14.7 Å². The molecule has 0 bridgehead atoms. The summed E-state index contributed by atoms with van der Waals surface area (Å²) in [5.41, 5.74) is -0.470. The molecule has 0 saturated carbocycles. The molecule has 2 unspecified atom stereocenters. The van der Waals surface area contributed by atoms with Crippen LogP contribution in [0, 0.1) is 0 Å². The molecule has 0 fully saturated rings. The van der Waals surface area contributed by atoms with Crippen LogP contribution in [0.2, 0.25) is 0 Å². The van der Waals surface area contributed by atoms with Crippen molar-refractivity contribution in [1.29, 1.82) is 0 Å². The van der Waals surface area contributed by atoms with Gasteiger partial charge in [0.15, 0.2) is 0 Å². The average Bonchev–Trinajstić information content (AvgIpc) is 2.56. The highest BCUT2D eigenvalue weighted by molar-refractivity contribution is 7.51. The molecule has 0 heterocycles. The summed E-state index contributed by atoms with van der Waals surface area (Å²) in [5.74, 6) is 0.0259. The van der Waals surface area contributed by atoms with Crippen LogP contribution in [-0.4, -0.2) is 29.1 Å². The lowest BCUT2D eigenvalue weighted by atomic mass is 9.97. The van der Waals surface area contributed by atoms with Gasteiger partial charge in [-0.15, -0.1) is 0 Å². The second-order valence-electron chi connectivity index (χ2n) is 8.98. The monoisotopic (exact) mass is 431 g/mol. The molecular weight excluding hydrogens is 385 g/mol. The molecule has 0 aliphatic heterocycles. The van der Waals surface area contributed by atoms with Crippen LogP contribution < -0.4 is 5.32 Å². The van der Waals surface area contributed by atoms with E-state index < -0.39 is 19.2 Å². The number of rotatable bonds is 18. The Balaban J connectivity index is 3.74. The molecule has 5 nitrogen and oxygen atoms in total. The SMILES string of the molecule is CCCCCCCCC/C=C\CCCCC(=O)NC(C)(C)CC(C)OP(C)(=O)O. The van der Waals surface area contributed by atoms with Crippen LogP contribution in [0.3, 0.4) is 0 Å². The van der Waals surface area contributed by atoms with Gasteiger partial charge in [-0.25, -0.2) is 0 Å². The van der Waals surface area contributed by atoms with Crippen molar-refractivity contribution in [2.75, 3.05) is 6.66 Å². The van der Waals surface area contributed by atoms with Gasteiger partial charge in [-0.1, -0.05) is 57.6 Å². The smallest absolute Gasteiger partial charge is 0.325 e. The fourth-order valence-corrected chi connectivity index (χ4v) is 4.33. The first-order chi connectivity index (χ1) is 13.6. The van der Waals surface area contributed by atoms with Gasteiger partial charge >= 0.3 is 7.60 Å². The van der Waals surface area contributed by atoms with E-state index in [0.717, 1.165) is 19.3 Å². The summed E-state index contributed by atoms with van der Waals surface area (Å²) >= 11 is 0. The summed E-state index contributed by atoms with van der Waals surface area (Å²) in [7, 11) is -3.51. The second-order valence-corrected chi connectivity index (χ2v) is 10.8. The molecular formula is C23H46NO4P. The van der Waals surface area contributed by atoms with E-state index in [4.69, 9.17) is 4.52 Å². The van der Waals surface area contributed by atoms with Crippen molar-refractivity contribution in [3.63, 3.8) is 0 Å². The summed E-state index contributed by atoms with van der Waals surface area (Å²) in [6, 6.07) is 0. The van der Waals surface area contributed by atoms with E-state index in [1.165, 1.54) is 58.0 Å². The van der Waals surface area contributed by atoms with Crippen LogP contribution in [0.1, 0.15) is 111 Å². The van der Waals surface area contributed by atoms with Crippen molar-refractivity contribution < 1.29 is 18.8 Å². The van der Waals surface area contributed by atoms with Gasteiger partial charge in [0.25, 0.3) is 0 Å². The highest BCUT2D eigenvalue weighted by Gasteiger charge is 2.26. The van der Waals surface area contributed by atoms with Gasteiger partial charge in [0.2, 0.25) is 5.91 Å². The zero-order chi connectivity index (χ0) is 22.2. The Morgan fingerprint density at radius 3 is 2.10 bits per heavy atom. The molecule has 0 aliphatic carbocycles. The van der Waals surface area contributed by atoms with Crippen molar-refractivity contribution in [2.45, 2.75) is 123 Å². The van der Waals surface area contributed by atoms with Crippen molar-refractivity contribution in [3.8, 4) is 0 Å². The Morgan fingerprint density at radius 2 is 1.55 bits per heavy atom. The van der Waals surface area contributed by atoms with Crippen molar-refractivity contribution in [1.82, 2.24) is 5.32 Å². The van der Waals surface area contributed by atoms with Crippen molar-refractivity contribution >= 4 is 13.5 Å². The summed E-state index contributed by atoms with van der Waals surface area (Å²) in [5, 5.41) is 3.01. The summed E-state index contributed by atoms with van der Waals surface area (Å²) < 4.78 is 16.4. The van der Waals surface area contributed by atoms with Crippen molar-refractivity contribution in [3.05, 3.63) is 12.2 Å². The Hall–Kier alpha value is -0.640. The number of carbonyl (C=O) groups excluding carboxylic acids is 1. The van der Waals surface area contributed by atoms with E-state index in [0.29, 0.717) is 12.8 Å². The van der Waals surface area contributed by atoms with E-state index in [2.05, 4.69) is 24.4 Å². The van der Waals surface area contributed by atoms with Gasteiger partial charge in [-0.2, -0.15) is 0 Å². The lowest BCUT2D eigenvalue weighted by molar-refractivity contribution is -0.123. The number of unbranched alkanes of at least 4 members (excludes halogenated alkanes) is 9. The van der Waals surface area contributed by atoms with Crippen LogP contribution in [0.5, 0.6) is 0 Å². The number of hydrogen-bond donors (Lipinski definition) is 2. The van der Waals surface area contributed by atoms with Crippen LogP contribution in [0.25, 0.3) is 0 Å². The summed E-state index contributed by atoms with van der Waals surface area (Å²) in [6.45, 7) is 9.00. The Kier molecular flexibility index (Phi) is 15.7. The molecule has 0 rings (SSSR count). The third-order valence-corrected chi connectivity index (χ3v) is 5.57. The molecule has 6 heteroatoms. The van der Waals surface area contributed by atoms with E-state index >= 15 is 0 Å². The minimum Gasteiger partial charge on any atom is -0.351 e. The van der Waals surface area contributed by atoms with Crippen LogP contribution in [0.4, 0.5) is 0 Å². The molecule has 1 amide bonds. The van der Waals surface area contributed by atoms with Crippen LogP contribution in [-0.2, 0) is 13.9 Å². The van der Waals surface area contributed by atoms with Gasteiger partial charge in [0.05, 0.1) is 6.10 Å². The fourth-order valence-electron chi connectivity index (χ4n) is 3.58. The zero-order valence-corrected chi connectivity index (χ0v) is 20.4. The second kappa shape index (κ2) is 16.1. The molecule has 2 atom stereocenters. The maximum atomic E-state index is 12.2. The standard InChI is InChI=1S/C23H46NO4P/c1-6-7-8-9-10-11-12-13-14-15-16-17-18-19-22(25)24-23(3,4)20-21(2)28-29(5,26)27/h14-15,21H,6-13,16-20H2,1-5H3,(H,24,25)(H,26,27)/b15-14-. The van der Waals surface area contributed by atoms with E-state index in [9.17, 15) is 14.3 Å². The molecule has 29 heavy (non-hydrogen) atoms. The highest BCUT2D eigenvalue weighted by atomic mass is 31.2. The van der Waals surface area contributed by atoms with Gasteiger partial charge in [0.1, 0.15) is 0 Å². The summed E-state index contributed by atoms with van der Waals surface area (Å²) in [4.78, 5) is 21.4. The predicted octanol–water partition coefficient (Wildman–Crippen LogP) is 6.75. The third-order valence-electron chi connectivity index (χ3n) is 4.82. The topological polar surface area (TPSA) is 75.6 Å². The number of amides is 1. The minimum absolute atomic E-state index is 0.0259. The molecule has 0 saturated heterocycles. The molecule has 0 aromatic rings. The fraction of sp³-hybridized carbons (Fsp3) is 0.870. The number of nitrogens with one attached hydrogen (secondary N) is 1. The maximum Gasteiger partial charge on any atom is 0.325 e. The Labute approximate surface area is 179 Å². The Bertz CT molecular complexity index is 499. The largest absolute Gasteiger partial charge is 0.351 e. The van der Waals surface area contributed by atoms with Gasteiger partial charge in [0, 0.05) is 18.6 Å². The maximum absolute atomic E-state index is 12.2. The lowest BCUT2D eigenvalue weighted by Crippen LogP contribution is -2.45. The van der Waals surface area contributed by atoms with Crippen LogP contribution in [0.15, 0.2) is 12.2 Å².